The predicted molar refractivity (Wildman–Crippen MR) is 83.3 cm³/mol. The summed E-state index contributed by atoms with van der Waals surface area (Å²) >= 11 is 0. The zero-order valence-corrected chi connectivity index (χ0v) is 12.2. The lowest BCUT2D eigenvalue weighted by molar-refractivity contribution is 0.512. The lowest BCUT2D eigenvalue weighted by Crippen LogP contribution is -1.91. The molecule has 0 nitrogen and oxygen atoms in total. The second-order valence-corrected chi connectivity index (χ2v) is 5.36. The maximum absolute atomic E-state index is 14.2. The highest BCUT2D eigenvalue weighted by Gasteiger charge is 2.13. The van der Waals surface area contributed by atoms with Crippen LogP contribution in [0.5, 0.6) is 0 Å². The molecule has 0 aromatic heterocycles. The number of halogens is 3. The fourth-order valence-electron chi connectivity index (χ4n) is 2.67. The minimum atomic E-state index is -1.14. The van der Waals surface area contributed by atoms with Gasteiger partial charge in [0.15, 0.2) is 11.6 Å². The Morgan fingerprint density at radius 3 is 2.18 bits per heavy atom. The van der Waals surface area contributed by atoms with Crippen LogP contribution < -0.4 is 0 Å². The third-order valence-corrected chi connectivity index (χ3v) is 3.79. The second-order valence-electron chi connectivity index (χ2n) is 5.36. The number of aryl methyl sites for hydroxylation is 1. The van der Waals surface area contributed by atoms with E-state index in [1.165, 1.54) is 17.7 Å². The Kier molecular flexibility index (Phi) is 3.88. The quantitative estimate of drug-likeness (QED) is 0.567. The molecule has 0 spiro atoms. The van der Waals surface area contributed by atoms with Gasteiger partial charge in [0.1, 0.15) is 5.82 Å². The lowest BCUT2D eigenvalue weighted by Gasteiger charge is -2.08. The lowest BCUT2D eigenvalue weighted by atomic mass is 9.98. The Labute approximate surface area is 127 Å². The van der Waals surface area contributed by atoms with Crippen LogP contribution in [0.25, 0.3) is 21.9 Å². The Morgan fingerprint density at radius 2 is 1.50 bits per heavy atom. The number of rotatable bonds is 3. The molecule has 0 aliphatic rings. The van der Waals surface area contributed by atoms with Gasteiger partial charge < -0.3 is 0 Å². The molecular weight excluding hydrogens is 285 g/mol. The Bertz CT molecular complexity index is 820. The summed E-state index contributed by atoms with van der Waals surface area (Å²) < 4.78 is 41.1. The molecule has 0 saturated heterocycles. The van der Waals surface area contributed by atoms with Gasteiger partial charge >= 0.3 is 0 Å². The van der Waals surface area contributed by atoms with Gasteiger partial charge in [0.05, 0.1) is 5.39 Å². The molecule has 0 radical (unpaired) electrons. The van der Waals surface area contributed by atoms with Crippen molar-refractivity contribution >= 4 is 10.8 Å². The third-order valence-electron chi connectivity index (χ3n) is 3.79. The van der Waals surface area contributed by atoms with E-state index in [-0.39, 0.29) is 5.39 Å². The molecule has 3 rings (SSSR count). The summed E-state index contributed by atoms with van der Waals surface area (Å²) in [7, 11) is 0. The van der Waals surface area contributed by atoms with Gasteiger partial charge in [0.25, 0.3) is 0 Å². The van der Waals surface area contributed by atoms with Crippen molar-refractivity contribution in [3.63, 3.8) is 0 Å². The first-order valence-electron chi connectivity index (χ1n) is 7.26. The van der Waals surface area contributed by atoms with Crippen LogP contribution in [0.3, 0.4) is 0 Å². The van der Waals surface area contributed by atoms with Crippen molar-refractivity contribution in [3.05, 3.63) is 71.5 Å². The molecule has 3 aromatic carbocycles. The largest absolute Gasteiger partial charge is 0.206 e. The van der Waals surface area contributed by atoms with Crippen LogP contribution in [0.1, 0.15) is 18.9 Å². The molecule has 22 heavy (non-hydrogen) atoms. The summed E-state index contributed by atoms with van der Waals surface area (Å²) in [4.78, 5) is 0. The SMILES string of the molecule is CCCc1ccc(-c2cc(F)c3c(F)c(F)ccc3c2)cc1. The van der Waals surface area contributed by atoms with Gasteiger partial charge in [-0.15, -0.1) is 0 Å². The molecule has 0 N–H and O–H groups in total. The summed E-state index contributed by atoms with van der Waals surface area (Å²) in [5.74, 6) is -2.93. The number of hydrogen-bond acceptors (Lipinski definition) is 0. The van der Waals surface area contributed by atoms with E-state index in [9.17, 15) is 13.2 Å². The van der Waals surface area contributed by atoms with E-state index in [2.05, 4.69) is 6.92 Å². The number of hydrogen-bond donors (Lipinski definition) is 0. The predicted octanol–water partition coefficient (Wildman–Crippen LogP) is 5.88. The van der Waals surface area contributed by atoms with Crippen molar-refractivity contribution in [2.24, 2.45) is 0 Å². The summed E-state index contributed by atoms with van der Waals surface area (Å²) in [5, 5.41) is 0.0536. The topological polar surface area (TPSA) is 0 Å². The third kappa shape index (κ3) is 2.59. The molecule has 0 heterocycles. The first kappa shape index (κ1) is 14.6. The van der Waals surface area contributed by atoms with Crippen molar-refractivity contribution in [1.29, 1.82) is 0 Å². The maximum Gasteiger partial charge on any atom is 0.169 e. The highest BCUT2D eigenvalue weighted by atomic mass is 19.2. The minimum absolute atomic E-state index is 0.300. The van der Waals surface area contributed by atoms with E-state index in [4.69, 9.17) is 0 Å². The van der Waals surface area contributed by atoms with E-state index in [0.717, 1.165) is 24.5 Å². The van der Waals surface area contributed by atoms with Gasteiger partial charge in [-0.3, -0.25) is 0 Å². The summed E-state index contributed by atoms with van der Waals surface area (Å²) in [5.41, 5.74) is 2.73. The highest BCUT2D eigenvalue weighted by Crippen LogP contribution is 2.29. The fourth-order valence-corrected chi connectivity index (χ4v) is 2.67. The first-order valence-corrected chi connectivity index (χ1v) is 7.26. The second kappa shape index (κ2) is 5.84. The average Bonchev–Trinajstić information content (AvgIpc) is 2.51. The van der Waals surface area contributed by atoms with Gasteiger partial charge in [-0.1, -0.05) is 43.7 Å². The maximum atomic E-state index is 14.2. The first-order chi connectivity index (χ1) is 10.6. The van der Waals surface area contributed by atoms with Crippen LogP contribution in [-0.2, 0) is 6.42 Å². The van der Waals surface area contributed by atoms with Gasteiger partial charge in [-0.25, -0.2) is 13.2 Å². The highest BCUT2D eigenvalue weighted by molar-refractivity contribution is 5.88. The average molecular weight is 300 g/mol. The molecule has 3 heteroatoms. The molecular formula is C19H15F3. The Balaban J connectivity index is 2.10. The Morgan fingerprint density at radius 1 is 0.773 bits per heavy atom. The van der Waals surface area contributed by atoms with Gasteiger partial charge in [0, 0.05) is 0 Å². The van der Waals surface area contributed by atoms with E-state index in [1.807, 2.05) is 24.3 Å². The minimum Gasteiger partial charge on any atom is -0.206 e. The van der Waals surface area contributed by atoms with Crippen LogP contribution in [0.15, 0.2) is 48.5 Å². The molecule has 3 aromatic rings. The summed E-state index contributed by atoms with van der Waals surface area (Å²) in [6.07, 6.45) is 2.06. The van der Waals surface area contributed by atoms with Gasteiger partial charge in [-0.05, 0) is 46.7 Å². The van der Waals surface area contributed by atoms with Crippen molar-refractivity contribution in [3.8, 4) is 11.1 Å². The molecule has 0 amide bonds. The van der Waals surface area contributed by atoms with E-state index >= 15 is 0 Å². The molecule has 0 fully saturated rings. The van der Waals surface area contributed by atoms with Crippen molar-refractivity contribution in [1.82, 2.24) is 0 Å². The molecule has 0 saturated carbocycles. The van der Waals surface area contributed by atoms with E-state index < -0.39 is 17.5 Å². The van der Waals surface area contributed by atoms with Crippen LogP contribution >= 0.6 is 0 Å². The van der Waals surface area contributed by atoms with Crippen molar-refractivity contribution in [2.75, 3.05) is 0 Å². The normalized spacial score (nSPS) is 11.1. The molecule has 0 aliphatic carbocycles. The van der Waals surface area contributed by atoms with E-state index in [0.29, 0.717) is 10.9 Å². The summed E-state index contributed by atoms with van der Waals surface area (Å²) in [6.45, 7) is 2.11. The molecule has 0 unspecified atom stereocenters. The zero-order valence-electron chi connectivity index (χ0n) is 12.2. The van der Waals surface area contributed by atoms with Crippen molar-refractivity contribution in [2.45, 2.75) is 19.8 Å². The van der Waals surface area contributed by atoms with Crippen LogP contribution in [0.2, 0.25) is 0 Å². The number of fused-ring (bicyclic) bond motifs is 1. The molecule has 0 aliphatic heterocycles. The molecule has 0 atom stereocenters. The van der Waals surface area contributed by atoms with Gasteiger partial charge in [0.2, 0.25) is 0 Å². The molecule has 112 valence electrons. The van der Waals surface area contributed by atoms with Crippen molar-refractivity contribution < 1.29 is 13.2 Å². The van der Waals surface area contributed by atoms with E-state index in [1.54, 1.807) is 6.07 Å². The van der Waals surface area contributed by atoms with Crippen LogP contribution in [-0.4, -0.2) is 0 Å². The standard InChI is InChI=1S/C19H15F3/c1-2-3-12-4-6-13(7-5-12)15-10-14-8-9-16(20)19(22)18(14)17(21)11-15/h4-11H,2-3H2,1H3. The smallest absolute Gasteiger partial charge is 0.169 e. The van der Waals surface area contributed by atoms with Gasteiger partial charge in [-0.2, -0.15) is 0 Å². The van der Waals surface area contributed by atoms with Crippen LogP contribution in [0.4, 0.5) is 13.2 Å². The monoisotopic (exact) mass is 300 g/mol. The van der Waals surface area contributed by atoms with Crippen LogP contribution in [0, 0.1) is 17.5 Å². The Hall–Kier alpha value is -2.29. The summed E-state index contributed by atoms with van der Waals surface area (Å²) in [6, 6.07) is 13.2. The number of benzene rings is 3. The zero-order chi connectivity index (χ0) is 15.7. The molecule has 0 bridgehead atoms. The fraction of sp³-hybridized carbons (Fsp3) is 0.158.